The minimum absolute atomic E-state index is 0.143. The van der Waals surface area contributed by atoms with E-state index in [1.165, 1.54) is 12.1 Å². The molecule has 0 saturated carbocycles. The lowest BCUT2D eigenvalue weighted by molar-refractivity contribution is 0.480. The molecule has 20 heavy (non-hydrogen) atoms. The SMILES string of the molecule is CC(C)(C)c1nnsc1C(NN)c1cccc(F)c1F. The maximum Gasteiger partial charge on any atom is 0.164 e. The molecule has 2 aromatic rings. The fourth-order valence-corrected chi connectivity index (χ4v) is 2.90. The van der Waals surface area contributed by atoms with Crippen molar-refractivity contribution in [1.82, 2.24) is 15.0 Å². The first-order valence-electron chi connectivity index (χ1n) is 6.09. The number of benzene rings is 1. The third-order valence-corrected chi connectivity index (χ3v) is 3.73. The van der Waals surface area contributed by atoms with Gasteiger partial charge in [0.1, 0.15) is 0 Å². The normalized spacial score (nSPS) is 13.5. The van der Waals surface area contributed by atoms with Gasteiger partial charge in [-0.1, -0.05) is 37.4 Å². The lowest BCUT2D eigenvalue weighted by atomic mass is 9.89. The Balaban J connectivity index is 2.54. The quantitative estimate of drug-likeness (QED) is 0.675. The molecule has 1 aromatic carbocycles. The number of halogens is 2. The molecule has 1 heterocycles. The Morgan fingerprint density at radius 1 is 1.30 bits per heavy atom. The minimum Gasteiger partial charge on any atom is -0.271 e. The molecule has 1 unspecified atom stereocenters. The van der Waals surface area contributed by atoms with Crippen LogP contribution in [0.2, 0.25) is 0 Å². The average molecular weight is 298 g/mol. The summed E-state index contributed by atoms with van der Waals surface area (Å²) >= 11 is 1.13. The van der Waals surface area contributed by atoms with Gasteiger partial charge in [0.05, 0.1) is 16.6 Å². The van der Waals surface area contributed by atoms with Gasteiger partial charge in [0, 0.05) is 11.0 Å². The van der Waals surface area contributed by atoms with Gasteiger partial charge in [-0.3, -0.25) is 5.84 Å². The zero-order chi connectivity index (χ0) is 14.9. The molecule has 0 amide bonds. The van der Waals surface area contributed by atoms with Gasteiger partial charge >= 0.3 is 0 Å². The molecule has 0 aliphatic heterocycles. The number of rotatable bonds is 3. The fraction of sp³-hybridized carbons (Fsp3) is 0.385. The van der Waals surface area contributed by atoms with Crippen molar-refractivity contribution >= 4 is 11.5 Å². The number of nitrogens with zero attached hydrogens (tertiary/aromatic N) is 2. The summed E-state index contributed by atoms with van der Waals surface area (Å²) in [5.41, 5.74) is 3.12. The van der Waals surface area contributed by atoms with E-state index in [0.717, 1.165) is 17.6 Å². The van der Waals surface area contributed by atoms with E-state index in [1.807, 2.05) is 20.8 Å². The van der Waals surface area contributed by atoms with E-state index in [9.17, 15) is 8.78 Å². The average Bonchev–Trinajstić information content (AvgIpc) is 2.84. The molecule has 0 spiro atoms. The highest BCUT2D eigenvalue weighted by Gasteiger charge is 2.29. The number of hydrogen-bond donors (Lipinski definition) is 2. The molecule has 2 rings (SSSR count). The molecule has 0 aliphatic rings. The largest absolute Gasteiger partial charge is 0.271 e. The number of nitrogens with one attached hydrogen (secondary N) is 1. The molecule has 108 valence electrons. The Labute approximate surface area is 120 Å². The van der Waals surface area contributed by atoms with Gasteiger partial charge in [0.15, 0.2) is 11.6 Å². The second kappa shape index (κ2) is 5.51. The maximum atomic E-state index is 14.0. The number of aromatic nitrogens is 2. The summed E-state index contributed by atoms with van der Waals surface area (Å²) in [6.07, 6.45) is 0. The van der Waals surface area contributed by atoms with E-state index in [0.29, 0.717) is 10.6 Å². The molecule has 3 N–H and O–H groups in total. The topological polar surface area (TPSA) is 63.8 Å². The summed E-state index contributed by atoms with van der Waals surface area (Å²) in [6, 6.07) is 3.33. The van der Waals surface area contributed by atoms with Crippen LogP contribution in [-0.2, 0) is 5.41 Å². The summed E-state index contributed by atoms with van der Waals surface area (Å²) in [4.78, 5) is 0.685. The van der Waals surface area contributed by atoms with Crippen LogP contribution in [0.3, 0.4) is 0 Å². The summed E-state index contributed by atoms with van der Waals surface area (Å²) < 4.78 is 31.2. The standard InChI is InChI=1S/C13H16F2N4S/c1-13(2,3)12-11(20-19-18-12)10(17-16)7-5-4-6-8(14)9(7)15/h4-6,10,17H,16H2,1-3H3. The van der Waals surface area contributed by atoms with Crippen molar-refractivity contribution in [2.75, 3.05) is 0 Å². The van der Waals surface area contributed by atoms with E-state index in [1.54, 1.807) is 0 Å². The Hall–Kier alpha value is -1.44. The number of hydrogen-bond acceptors (Lipinski definition) is 5. The molecule has 1 atom stereocenters. The smallest absolute Gasteiger partial charge is 0.164 e. The highest BCUT2D eigenvalue weighted by Crippen LogP contribution is 2.34. The third-order valence-electron chi connectivity index (χ3n) is 2.95. The summed E-state index contributed by atoms with van der Waals surface area (Å²) in [5, 5.41) is 4.09. The molecular formula is C13H16F2N4S. The van der Waals surface area contributed by atoms with Crippen LogP contribution in [0.5, 0.6) is 0 Å². The molecule has 0 fully saturated rings. The predicted octanol–water partition coefficient (Wildman–Crippen LogP) is 2.67. The number of hydrazine groups is 1. The van der Waals surface area contributed by atoms with Crippen LogP contribution in [0, 0.1) is 11.6 Å². The van der Waals surface area contributed by atoms with E-state index >= 15 is 0 Å². The zero-order valence-electron chi connectivity index (χ0n) is 11.4. The van der Waals surface area contributed by atoms with Crippen LogP contribution in [0.4, 0.5) is 8.78 Å². The molecule has 1 aromatic heterocycles. The second-order valence-electron chi connectivity index (χ2n) is 5.48. The summed E-state index contributed by atoms with van der Waals surface area (Å²) in [6.45, 7) is 5.92. The first-order chi connectivity index (χ1) is 9.36. The molecule has 0 bridgehead atoms. The van der Waals surface area contributed by atoms with E-state index in [-0.39, 0.29) is 11.0 Å². The van der Waals surface area contributed by atoms with E-state index < -0.39 is 17.7 Å². The van der Waals surface area contributed by atoms with Crippen LogP contribution >= 0.6 is 11.5 Å². The lowest BCUT2D eigenvalue weighted by Crippen LogP contribution is -2.31. The van der Waals surface area contributed by atoms with Crippen molar-refractivity contribution < 1.29 is 8.78 Å². The van der Waals surface area contributed by atoms with Gasteiger partial charge in [-0.25, -0.2) is 14.2 Å². The fourth-order valence-electron chi connectivity index (χ4n) is 1.96. The van der Waals surface area contributed by atoms with Crippen LogP contribution in [0.15, 0.2) is 18.2 Å². The van der Waals surface area contributed by atoms with Crippen LogP contribution in [0.25, 0.3) is 0 Å². The van der Waals surface area contributed by atoms with Crippen molar-refractivity contribution in [1.29, 1.82) is 0 Å². The van der Waals surface area contributed by atoms with Gasteiger partial charge in [-0.2, -0.15) is 0 Å². The Kier molecular flexibility index (Phi) is 4.12. The lowest BCUT2D eigenvalue weighted by Gasteiger charge is -2.22. The Bertz CT molecular complexity index is 607. The second-order valence-corrected chi connectivity index (χ2v) is 6.26. The highest BCUT2D eigenvalue weighted by atomic mass is 32.1. The molecule has 0 saturated heterocycles. The van der Waals surface area contributed by atoms with Crippen molar-refractivity contribution in [2.24, 2.45) is 5.84 Å². The molecule has 4 nitrogen and oxygen atoms in total. The first kappa shape index (κ1) is 15.0. The van der Waals surface area contributed by atoms with Gasteiger partial charge in [-0.15, -0.1) is 5.10 Å². The van der Waals surface area contributed by atoms with E-state index in [2.05, 4.69) is 15.0 Å². The zero-order valence-corrected chi connectivity index (χ0v) is 12.3. The van der Waals surface area contributed by atoms with Gasteiger partial charge in [0.25, 0.3) is 0 Å². The van der Waals surface area contributed by atoms with E-state index in [4.69, 9.17) is 5.84 Å². The number of nitrogens with two attached hydrogens (primary N) is 1. The summed E-state index contributed by atoms with van der Waals surface area (Å²) in [5.74, 6) is 3.72. The van der Waals surface area contributed by atoms with Crippen molar-refractivity contribution in [3.8, 4) is 0 Å². The van der Waals surface area contributed by atoms with Gasteiger partial charge < -0.3 is 0 Å². The molecular weight excluding hydrogens is 282 g/mol. The maximum absolute atomic E-state index is 14.0. The minimum atomic E-state index is -0.913. The third kappa shape index (κ3) is 2.70. The molecule has 0 radical (unpaired) electrons. The van der Waals surface area contributed by atoms with Crippen molar-refractivity contribution in [2.45, 2.75) is 32.2 Å². The van der Waals surface area contributed by atoms with Crippen LogP contribution in [-0.4, -0.2) is 9.59 Å². The summed E-state index contributed by atoms with van der Waals surface area (Å²) in [7, 11) is 0. The van der Waals surface area contributed by atoms with Crippen LogP contribution in [0.1, 0.15) is 42.9 Å². The predicted molar refractivity (Wildman–Crippen MR) is 74.1 cm³/mol. The molecule has 7 heteroatoms. The molecule has 0 aliphatic carbocycles. The van der Waals surface area contributed by atoms with Crippen molar-refractivity contribution in [3.63, 3.8) is 0 Å². The Morgan fingerprint density at radius 3 is 2.60 bits per heavy atom. The monoisotopic (exact) mass is 298 g/mol. The van der Waals surface area contributed by atoms with Crippen LogP contribution < -0.4 is 11.3 Å². The first-order valence-corrected chi connectivity index (χ1v) is 6.86. The van der Waals surface area contributed by atoms with Gasteiger partial charge in [-0.05, 0) is 17.6 Å². The Morgan fingerprint density at radius 2 is 2.00 bits per heavy atom. The van der Waals surface area contributed by atoms with Crippen molar-refractivity contribution in [3.05, 3.63) is 46.0 Å². The van der Waals surface area contributed by atoms with Gasteiger partial charge in [0.2, 0.25) is 0 Å². The highest BCUT2D eigenvalue weighted by molar-refractivity contribution is 7.05.